The first-order valence-corrected chi connectivity index (χ1v) is 9.03. The van der Waals surface area contributed by atoms with Gasteiger partial charge in [-0.25, -0.2) is 5.43 Å². The van der Waals surface area contributed by atoms with E-state index in [1.807, 2.05) is 48.5 Å². The Balaban J connectivity index is 1.55. The molecule has 3 aromatic rings. The van der Waals surface area contributed by atoms with E-state index in [1.165, 1.54) is 6.21 Å². The lowest BCUT2D eigenvalue weighted by Crippen LogP contribution is -2.25. The molecule has 0 radical (unpaired) electrons. The molecule has 0 aliphatic rings. The third-order valence-electron chi connectivity index (χ3n) is 3.93. The lowest BCUT2D eigenvalue weighted by atomic mass is 10.1. The maximum absolute atomic E-state index is 12.0. The topological polar surface area (TPSA) is 70.9 Å². The van der Waals surface area contributed by atoms with E-state index < -0.39 is 12.0 Å². The van der Waals surface area contributed by atoms with Crippen LogP contribution in [0.2, 0.25) is 5.02 Å². The molecule has 0 spiro atoms. The summed E-state index contributed by atoms with van der Waals surface area (Å²) in [6.07, 6.45) is 0.220. The number of nitrogens with one attached hydrogen (secondary N) is 1. The van der Waals surface area contributed by atoms with Crippen molar-refractivity contribution < 1.29 is 14.6 Å². The van der Waals surface area contributed by atoms with Crippen LogP contribution in [-0.4, -0.2) is 17.2 Å². The summed E-state index contributed by atoms with van der Waals surface area (Å²) in [6.45, 7) is 0.414. The van der Waals surface area contributed by atoms with E-state index in [2.05, 4.69) is 10.5 Å². The van der Waals surface area contributed by atoms with Gasteiger partial charge < -0.3 is 9.84 Å². The highest BCUT2D eigenvalue weighted by molar-refractivity contribution is 6.30. The van der Waals surface area contributed by atoms with E-state index in [1.54, 1.807) is 30.3 Å². The van der Waals surface area contributed by atoms with Gasteiger partial charge in [-0.05, 0) is 41.0 Å². The van der Waals surface area contributed by atoms with E-state index in [-0.39, 0.29) is 0 Å². The van der Waals surface area contributed by atoms with Crippen LogP contribution >= 0.6 is 11.6 Å². The monoisotopic (exact) mass is 394 g/mol. The van der Waals surface area contributed by atoms with E-state index in [4.69, 9.17) is 16.3 Å². The van der Waals surface area contributed by atoms with Gasteiger partial charge >= 0.3 is 0 Å². The zero-order valence-electron chi connectivity index (χ0n) is 15.0. The van der Waals surface area contributed by atoms with E-state index >= 15 is 0 Å². The van der Waals surface area contributed by atoms with Gasteiger partial charge in [-0.1, -0.05) is 66.2 Å². The molecular weight excluding hydrogens is 376 g/mol. The highest BCUT2D eigenvalue weighted by Crippen LogP contribution is 2.16. The first kappa shape index (κ1) is 19.6. The molecule has 1 atom stereocenters. The second-order valence-corrected chi connectivity index (χ2v) is 6.47. The summed E-state index contributed by atoms with van der Waals surface area (Å²) in [5, 5.41) is 14.6. The van der Waals surface area contributed by atoms with Crippen LogP contribution in [-0.2, 0) is 11.4 Å². The summed E-state index contributed by atoms with van der Waals surface area (Å²) in [6, 6.07) is 23.4. The first-order valence-electron chi connectivity index (χ1n) is 8.65. The van der Waals surface area contributed by atoms with Gasteiger partial charge in [-0.2, -0.15) is 5.10 Å². The Morgan fingerprint density at radius 2 is 1.82 bits per heavy atom. The molecule has 142 valence electrons. The Bertz CT molecular complexity index is 944. The molecule has 0 heterocycles. The van der Waals surface area contributed by atoms with Crippen LogP contribution < -0.4 is 10.2 Å². The van der Waals surface area contributed by atoms with Crippen LogP contribution in [0.15, 0.2) is 84.0 Å². The van der Waals surface area contributed by atoms with Gasteiger partial charge in [0.05, 0.1) is 6.21 Å². The molecule has 0 saturated heterocycles. The predicted octanol–water partition coefficient (Wildman–Crippen LogP) is 4.10. The van der Waals surface area contributed by atoms with Gasteiger partial charge in [-0.15, -0.1) is 0 Å². The maximum Gasteiger partial charge on any atom is 0.273 e. The number of rotatable bonds is 7. The third-order valence-corrected chi connectivity index (χ3v) is 4.18. The molecule has 6 heteroatoms. The standard InChI is InChI=1S/C22H19ClN2O3/c23-19-11-9-16(10-12-19)15-28-20-8-4-5-17(13-20)14-24-25-22(27)21(26)18-6-2-1-3-7-18/h1-14,21,26H,15H2,(H,25,27)/b24-14-/t21-/m0/s1. The fourth-order valence-electron chi connectivity index (χ4n) is 2.45. The third kappa shape index (κ3) is 5.67. The van der Waals surface area contributed by atoms with Crippen molar-refractivity contribution in [2.45, 2.75) is 12.7 Å². The van der Waals surface area contributed by atoms with E-state index in [0.717, 1.165) is 11.1 Å². The molecule has 0 saturated carbocycles. The van der Waals surface area contributed by atoms with E-state index in [9.17, 15) is 9.90 Å². The number of nitrogens with zero attached hydrogens (tertiary/aromatic N) is 1. The van der Waals surface area contributed by atoms with Crippen LogP contribution in [0, 0.1) is 0 Å². The summed E-state index contributed by atoms with van der Waals surface area (Å²) in [5.74, 6) is 0.0761. The van der Waals surface area contributed by atoms with Crippen molar-refractivity contribution in [3.8, 4) is 5.75 Å². The summed E-state index contributed by atoms with van der Waals surface area (Å²) in [4.78, 5) is 12.0. The number of aliphatic hydroxyl groups is 1. The van der Waals surface area contributed by atoms with Crippen molar-refractivity contribution in [3.05, 3.63) is 101 Å². The highest BCUT2D eigenvalue weighted by atomic mass is 35.5. The fourth-order valence-corrected chi connectivity index (χ4v) is 2.58. The second kappa shape index (κ2) is 9.69. The Morgan fingerprint density at radius 1 is 1.07 bits per heavy atom. The van der Waals surface area contributed by atoms with Gasteiger partial charge in [0, 0.05) is 5.02 Å². The van der Waals surface area contributed by atoms with Crippen molar-refractivity contribution >= 4 is 23.7 Å². The van der Waals surface area contributed by atoms with Gasteiger partial charge in [-0.3, -0.25) is 4.79 Å². The van der Waals surface area contributed by atoms with Crippen molar-refractivity contribution in [1.29, 1.82) is 0 Å². The van der Waals surface area contributed by atoms with Crippen LogP contribution in [0.1, 0.15) is 22.8 Å². The Hall–Kier alpha value is -3.15. The average Bonchev–Trinajstić information content (AvgIpc) is 2.73. The molecule has 0 aromatic heterocycles. The molecule has 3 aromatic carbocycles. The molecule has 2 N–H and O–H groups in total. The van der Waals surface area contributed by atoms with Gasteiger partial charge in [0.25, 0.3) is 5.91 Å². The van der Waals surface area contributed by atoms with Gasteiger partial charge in [0.2, 0.25) is 0 Å². The number of hydrogen-bond acceptors (Lipinski definition) is 4. The number of amides is 1. The number of aliphatic hydroxyl groups excluding tert-OH is 1. The van der Waals surface area contributed by atoms with Crippen LogP contribution in [0.4, 0.5) is 0 Å². The average molecular weight is 395 g/mol. The fraction of sp³-hybridized carbons (Fsp3) is 0.0909. The van der Waals surface area contributed by atoms with Gasteiger partial charge in [0.15, 0.2) is 6.10 Å². The quantitative estimate of drug-likeness (QED) is 0.468. The summed E-state index contributed by atoms with van der Waals surface area (Å²) in [5.41, 5.74) is 4.60. The molecule has 0 aliphatic heterocycles. The molecular formula is C22H19ClN2O3. The van der Waals surface area contributed by atoms with Crippen LogP contribution in [0.5, 0.6) is 5.75 Å². The maximum atomic E-state index is 12.0. The predicted molar refractivity (Wildman–Crippen MR) is 109 cm³/mol. The molecule has 0 unspecified atom stereocenters. The SMILES string of the molecule is O=C(N/N=C\c1cccc(OCc2ccc(Cl)cc2)c1)[C@@H](O)c1ccccc1. The number of hydrogen-bond donors (Lipinski definition) is 2. The highest BCUT2D eigenvalue weighted by Gasteiger charge is 2.15. The van der Waals surface area contributed by atoms with E-state index in [0.29, 0.717) is 22.9 Å². The van der Waals surface area contributed by atoms with Crippen molar-refractivity contribution in [2.24, 2.45) is 5.10 Å². The summed E-state index contributed by atoms with van der Waals surface area (Å²) in [7, 11) is 0. The minimum absolute atomic E-state index is 0.414. The van der Waals surface area contributed by atoms with Crippen molar-refractivity contribution in [1.82, 2.24) is 5.43 Å². The number of ether oxygens (including phenoxy) is 1. The number of carbonyl (C=O) groups excluding carboxylic acids is 1. The zero-order chi connectivity index (χ0) is 19.8. The summed E-state index contributed by atoms with van der Waals surface area (Å²) < 4.78 is 5.76. The van der Waals surface area contributed by atoms with Crippen LogP contribution in [0.3, 0.4) is 0 Å². The molecule has 0 bridgehead atoms. The molecule has 1 amide bonds. The Kier molecular flexibility index (Phi) is 6.78. The number of halogens is 1. The van der Waals surface area contributed by atoms with Crippen molar-refractivity contribution in [2.75, 3.05) is 0 Å². The Morgan fingerprint density at radius 3 is 2.57 bits per heavy atom. The Labute approximate surface area is 168 Å². The number of benzene rings is 3. The minimum Gasteiger partial charge on any atom is -0.489 e. The normalized spacial score (nSPS) is 11.9. The lowest BCUT2D eigenvalue weighted by Gasteiger charge is -2.09. The lowest BCUT2D eigenvalue weighted by molar-refractivity contribution is -0.129. The summed E-state index contributed by atoms with van der Waals surface area (Å²) >= 11 is 5.87. The largest absolute Gasteiger partial charge is 0.489 e. The molecule has 5 nitrogen and oxygen atoms in total. The molecule has 0 fully saturated rings. The van der Waals surface area contributed by atoms with Crippen molar-refractivity contribution in [3.63, 3.8) is 0 Å². The smallest absolute Gasteiger partial charge is 0.273 e. The first-order chi connectivity index (χ1) is 13.6. The molecule has 0 aliphatic carbocycles. The minimum atomic E-state index is -1.27. The molecule has 3 rings (SSSR count). The van der Waals surface area contributed by atoms with Crippen LogP contribution in [0.25, 0.3) is 0 Å². The zero-order valence-corrected chi connectivity index (χ0v) is 15.7. The number of carbonyl (C=O) groups is 1. The molecule has 28 heavy (non-hydrogen) atoms. The second-order valence-electron chi connectivity index (χ2n) is 6.04. The number of hydrazone groups is 1. The van der Waals surface area contributed by atoms with Gasteiger partial charge in [0.1, 0.15) is 12.4 Å².